The van der Waals surface area contributed by atoms with Crippen molar-refractivity contribution in [2.75, 3.05) is 0 Å². The van der Waals surface area contributed by atoms with Crippen LogP contribution in [0.1, 0.15) is 37.9 Å². The molecule has 0 saturated carbocycles. The van der Waals surface area contributed by atoms with Gasteiger partial charge in [-0.15, -0.1) is 0 Å². The third-order valence-corrected chi connectivity index (χ3v) is 5.28. The van der Waals surface area contributed by atoms with E-state index in [0.717, 1.165) is 15.6 Å². The zero-order chi connectivity index (χ0) is 16.3. The van der Waals surface area contributed by atoms with Gasteiger partial charge in [0.05, 0.1) is 21.8 Å². The highest BCUT2D eigenvalue weighted by Crippen LogP contribution is 2.26. The molecule has 0 spiro atoms. The summed E-state index contributed by atoms with van der Waals surface area (Å²) in [5.41, 5.74) is 1.86. The second-order valence-corrected chi connectivity index (χ2v) is 8.95. The minimum absolute atomic E-state index is 0.256. The maximum Gasteiger partial charge on any atom is 0.123 e. The molecule has 0 amide bonds. The van der Waals surface area contributed by atoms with Crippen LogP contribution in [0.2, 0.25) is 0 Å². The third-order valence-electron chi connectivity index (χ3n) is 3.19. The molecule has 22 heavy (non-hydrogen) atoms. The Balaban J connectivity index is 2.38. The zero-order valence-corrected chi connectivity index (χ0v) is 15.2. The zero-order valence-electron chi connectivity index (χ0n) is 12.8. The van der Waals surface area contributed by atoms with E-state index in [9.17, 15) is 8.60 Å². The number of nitrogens with one attached hydrogen (secondary N) is 1. The first kappa shape index (κ1) is 17.3. The van der Waals surface area contributed by atoms with Crippen molar-refractivity contribution in [2.45, 2.75) is 31.6 Å². The summed E-state index contributed by atoms with van der Waals surface area (Å²) in [5.74, 6) is -0.282. The van der Waals surface area contributed by atoms with Gasteiger partial charge in [0.1, 0.15) is 5.82 Å². The molecule has 2 atom stereocenters. The minimum Gasteiger partial charge on any atom is -0.242 e. The summed E-state index contributed by atoms with van der Waals surface area (Å²) >= 11 is 3.41. The molecule has 0 heterocycles. The topological polar surface area (TPSA) is 29.1 Å². The highest BCUT2D eigenvalue weighted by atomic mass is 79.9. The Labute approximate surface area is 141 Å². The van der Waals surface area contributed by atoms with Crippen LogP contribution in [0.25, 0.3) is 0 Å². The van der Waals surface area contributed by atoms with Crippen LogP contribution in [0.4, 0.5) is 4.39 Å². The monoisotopic (exact) mass is 383 g/mol. The molecular weight excluding hydrogens is 365 g/mol. The van der Waals surface area contributed by atoms with Crippen LogP contribution in [0, 0.1) is 5.82 Å². The van der Waals surface area contributed by atoms with Crippen LogP contribution in [0.5, 0.6) is 0 Å². The number of hydrogen-bond acceptors (Lipinski definition) is 1. The van der Waals surface area contributed by atoms with E-state index in [2.05, 4.69) is 20.7 Å². The lowest BCUT2D eigenvalue weighted by Gasteiger charge is -2.25. The molecule has 1 unspecified atom stereocenters. The molecule has 0 bridgehead atoms. The summed E-state index contributed by atoms with van der Waals surface area (Å²) in [6.45, 7) is 5.75. The quantitative estimate of drug-likeness (QED) is 0.812. The second-order valence-electron chi connectivity index (χ2n) is 6.04. The van der Waals surface area contributed by atoms with Crippen molar-refractivity contribution >= 4 is 26.9 Å². The average Bonchev–Trinajstić information content (AvgIpc) is 2.46. The summed E-state index contributed by atoms with van der Waals surface area (Å²) in [6.07, 6.45) is 0. The highest BCUT2D eigenvalue weighted by molar-refractivity contribution is 9.10. The lowest BCUT2D eigenvalue weighted by molar-refractivity contribution is 0.618. The van der Waals surface area contributed by atoms with E-state index in [1.165, 1.54) is 12.1 Å². The SMILES string of the molecule is CC(C)(C)S(=O)N[C@@H](c1ccc(F)cc1)c1ccc(Br)cc1. The van der Waals surface area contributed by atoms with Crippen LogP contribution in [-0.2, 0) is 11.0 Å². The smallest absolute Gasteiger partial charge is 0.123 e. The van der Waals surface area contributed by atoms with Crippen molar-refractivity contribution in [1.82, 2.24) is 4.72 Å². The summed E-state index contributed by atoms with van der Waals surface area (Å²) < 4.78 is 29.4. The number of rotatable bonds is 4. The van der Waals surface area contributed by atoms with Gasteiger partial charge in [0.15, 0.2) is 0 Å². The van der Waals surface area contributed by atoms with Gasteiger partial charge in [-0.2, -0.15) is 0 Å². The average molecular weight is 384 g/mol. The van der Waals surface area contributed by atoms with E-state index in [1.807, 2.05) is 45.0 Å². The molecule has 0 aromatic heterocycles. The fourth-order valence-electron chi connectivity index (χ4n) is 1.92. The predicted molar refractivity (Wildman–Crippen MR) is 93.4 cm³/mol. The molecule has 2 aromatic carbocycles. The molecule has 0 radical (unpaired) electrons. The van der Waals surface area contributed by atoms with Crippen LogP contribution in [0.15, 0.2) is 53.0 Å². The standard InChI is InChI=1S/C17H19BrFNOS/c1-17(2,3)22(21)20-16(12-4-8-14(18)9-5-12)13-6-10-15(19)11-7-13/h4-11,16,20H,1-3H3/t16-,22?/m1/s1. The lowest BCUT2D eigenvalue weighted by atomic mass is 10.00. The Hall–Kier alpha value is -1.04. The van der Waals surface area contributed by atoms with Crippen LogP contribution < -0.4 is 4.72 Å². The van der Waals surface area contributed by atoms with Gasteiger partial charge in [-0.3, -0.25) is 0 Å². The second kappa shape index (κ2) is 7.02. The maximum absolute atomic E-state index is 13.2. The van der Waals surface area contributed by atoms with E-state index < -0.39 is 11.0 Å². The first-order valence-corrected chi connectivity index (χ1v) is 8.90. The van der Waals surface area contributed by atoms with E-state index in [1.54, 1.807) is 12.1 Å². The van der Waals surface area contributed by atoms with E-state index in [-0.39, 0.29) is 16.6 Å². The Morgan fingerprint density at radius 1 is 1.00 bits per heavy atom. The summed E-state index contributed by atoms with van der Waals surface area (Å²) in [4.78, 5) is 0. The van der Waals surface area contributed by atoms with Crippen LogP contribution in [-0.4, -0.2) is 8.96 Å². The number of hydrogen-bond donors (Lipinski definition) is 1. The first-order chi connectivity index (χ1) is 10.3. The Morgan fingerprint density at radius 3 is 1.91 bits per heavy atom. The lowest BCUT2D eigenvalue weighted by Crippen LogP contribution is -2.36. The Bertz CT molecular complexity index is 604. The van der Waals surface area contributed by atoms with Gasteiger partial charge in [0.2, 0.25) is 0 Å². The molecule has 2 nitrogen and oxygen atoms in total. The fraction of sp³-hybridized carbons (Fsp3) is 0.294. The molecule has 0 fully saturated rings. The molecule has 5 heteroatoms. The van der Waals surface area contributed by atoms with Gasteiger partial charge in [0, 0.05) is 4.47 Å². The summed E-state index contributed by atoms with van der Waals surface area (Å²) in [6, 6.07) is 13.8. The largest absolute Gasteiger partial charge is 0.242 e. The number of benzene rings is 2. The van der Waals surface area contributed by atoms with Gasteiger partial charge >= 0.3 is 0 Å². The van der Waals surface area contributed by atoms with Crippen molar-refractivity contribution in [3.05, 3.63) is 69.9 Å². The van der Waals surface area contributed by atoms with E-state index in [0.29, 0.717) is 0 Å². The van der Waals surface area contributed by atoms with Crippen molar-refractivity contribution < 1.29 is 8.60 Å². The van der Waals surface area contributed by atoms with Crippen molar-refractivity contribution in [3.63, 3.8) is 0 Å². The van der Waals surface area contributed by atoms with Gasteiger partial charge in [0.25, 0.3) is 0 Å². The first-order valence-electron chi connectivity index (χ1n) is 6.96. The molecular formula is C17H19BrFNOS. The molecule has 2 rings (SSSR count). The predicted octanol–water partition coefficient (Wildman–Crippen LogP) is 4.73. The molecule has 0 aliphatic carbocycles. The fourth-order valence-corrected chi connectivity index (χ4v) is 3.03. The van der Waals surface area contributed by atoms with Crippen molar-refractivity contribution in [3.8, 4) is 0 Å². The summed E-state index contributed by atoms with van der Waals surface area (Å²) in [7, 11) is -1.23. The minimum atomic E-state index is -1.23. The van der Waals surface area contributed by atoms with Crippen LogP contribution >= 0.6 is 15.9 Å². The van der Waals surface area contributed by atoms with Crippen molar-refractivity contribution in [1.29, 1.82) is 0 Å². The molecule has 118 valence electrons. The van der Waals surface area contributed by atoms with Crippen LogP contribution in [0.3, 0.4) is 0 Å². The summed E-state index contributed by atoms with van der Waals surface area (Å²) in [5, 5.41) is 0. The van der Waals surface area contributed by atoms with Gasteiger partial charge in [-0.05, 0) is 56.2 Å². The third kappa shape index (κ3) is 4.48. The normalized spacial score (nSPS) is 14.6. The number of halogens is 2. The molecule has 1 N–H and O–H groups in total. The van der Waals surface area contributed by atoms with Crippen molar-refractivity contribution in [2.24, 2.45) is 0 Å². The Morgan fingerprint density at radius 2 is 1.45 bits per heavy atom. The molecule has 0 saturated heterocycles. The van der Waals surface area contributed by atoms with Gasteiger partial charge < -0.3 is 0 Å². The molecule has 0 aliphatic heterocycles. The van der Waals surface area contributed by atoms with Gasteiger partial charge in [-0.25, -0.2) is 13.3 Å². The molecule has 0 aliphatic rings. The van der Waals surface area contributed by atoms with E-state index >= 15 is 0 Å². The molecule has 2 aromatic rings. The highest BCUT2D eigenvalue weighted by Gasteiger charge is 2.24. The Kier molecular flexibility index (Phi) is 5.53. The van der Waals surface area contributed by atoms with Gasteiger partial charge in [-0.1, -0.05) is 40.2 Å². The maximum atomic E-state index is 13.2. The van der Waals surface area contributed by atoms with E-state index in [4.69, 9.17) is 0 Å².